The van der Waals surface area contributed by atoms with Gasteiger partial charge in [-0.1, -0.05) is 18.2 Å². The van der Waals surface area contributed by atoms with E-state index in [1.807, 2.05) is 44.2 Å². The third-order valence-corrected chi connectivity index (χ3v) is 4.71. The molecular formula is C21H28N4O3. The predicted octanol–water partition coefficient (Wildman–Crippen LogP) is 3.08. The highest BCUT2D eigenvalue weighted by atomic mass is 16.5. The van der Waals surface area contributed by atoms with Gasteiger partial charge in [0.2, 0.25) is 5.89 Å². The maximum Gasteiger partial charge on any atom is 0.309 e. The average Bonchev–Trinajstić information content (AvgIpc) is 3.21. The third-order valence-electron chi connectivity index (χ3n) is 4.71. The molecule has 150 valence electrons. The van der Waals surface area contributed by atoms with Crippen molar-refractivity contribution in [3.63, 3.8) is 0 Å². The Bertz CT molecular complexity index is 780. The van der Waals surface area contributed by atoms with E-state index in [4.69, 9.17) is 14.1 Å². The Balaban J connectivity index is 1.61. The van der Waals surface area contributed by atoms with Crippen LogP contribution in [0.2, 0.25) is 0 Å². The van der Waals surface area contributed by atoms with E-state index in [0.29, 0.717) is 19.0 Å². The Morgan fingerprint density at radius 1 is 1.29 bits per heavy atom. The van der Waals surface area contributed by atoms with Gasteiger partial charge in [-0.2, -0.15) is 0 Å². The topological polar surface area (TPSA) is 80.0 Å². The minimum Gasteiger partial charge on any atom is -0.466 e. The number of hydrogen-bond acceptors (Lipinski definition) is 5. The van der Waals surface area contributed by atoms with Gasteiger partial charge in [0, 0.05) is 25.2 Å². The first kappa shape index (κ1) is 19.9. The highest BCUT2D eigenvalue weighted by molar-refractivity contribution is 5.80. The van der Waals surface area contributed by atoms with Gasteiger partial charge in [-0.25, -0.2) is 9.98 Å². The summed E-state index contributed by atoms with van der Waals surface area (Å²) in [6.45, 7) is 7.11. The van der Waals surface area contributed by atoms with E-state index < -0.39 is 0 Å². The first-order chi connectivity index (χ1) is 13.7. The molecule has 3 rings (SSSR count). The number of ether oxygens (including phenoxy) is 1. The maximum atomic E-state index is 11.9. The molecule has 0 radical (unpaired) electrons. The summed E-state index contributed by atoms with van der Waals surface area (Å²) in [6, 6.07) is 9.82. The summed E-state index contributed by atoms with van der Waals surface area (Å²) in [7, 11) is 0. The second kappa shape index (κ2) is 9.92. The normalized spacial score (nSPS) is 15.5. The molecule has 1 aromatic carbocycles. The van der Waals surface area contributed by atoms with Crippen LogP contribution in [0.5, 0.6) is 0 Å². The molecule has 2 aromatic rings. The summed E-state index contributed by atoms with van der Waals surface area (Å²) in [5.41, 5.74) is 1.74. The lowest BCUT2D eigenvalue weighted by atomic mass is 9.97. The number of carbonyl (C=O) groups is 1. The number of guanidine groups is 1. The number of nitrogens with zero attached hydrogens (tertiary/aromatic N) is 3. The molecule has 0 aliphatic carbocycles. The second-order valence-corrected chi connectivity index (χ2v) is 6.69. The highest BCUT2D eigenvalue weighted by Gasteiger charge is 2.27. The fraction of sp³-hybridized carbons (Fsp3) is 0.476. The molecule has 0 bridgehead atoms. The Kier molecular flexibility index (Phi) is 7.06. The Labute approximate surface area is 165 Å². The van der Waals surface area contributed by atoms with Crippen molar-refractivity contribution in [2.75, 3.05) is 26.2 Å². The number of carbonyl (C=O) groups excluding carboxylic acids is 1. The molecule has 1 aliphatic rings. The number of benzene rings is 1. The van der Waals surface area contributed by atoms with Gasteiger partial charge in [0.25, 0.3) is 0 Å². The van der Waals surface area contributed by atoms with E-state index in [1.165, 1.54) is 0 Å². The van der Waals surface area contributed by atoms with E-state index in [-0.39, 0.29) is 11.9 Å². The summed E-state index contributed by atoms with van der Waals surface area (Å²) in [5, 5.41) is 3.33. The molecule has 0 unspecified atom stereocenters. The summed E-state index contributed by atoms with van der Waals surface area (Å²) < 4.78 is 10.7. The van der Waals surface area contributed by atoms with Crippen LogP contribution in [0.15, 0.2) is 46.0 Å². The zero-order chi connectivity index (χ0) is 19.8. The molecule has 1 fully saturated rings. The lowest BCUT2D eigenvalue weighted by molar-refractivity contribution is -0.149. The Morgan fingerprint density at radius 2 is 2.04 bits per heavy atom. The molecule has 0 saturated carbocycles. The number of nitrogens with one attached hydrogen (secondary N) is 1. The van der Waals surface area contributed by atoms with Crippen LogP contribution >= 0.6 is 0 Å². The minimum absolute atomic E-state index is 0.0111. The van der Waals surface area contributed by atoms with Gasteiger partial charge in [-0.3, -0.25) is 4.79 Å². The van der Waals surface area contributed by atoms with Crippen LogP contribution in [-0.2, 0) is 16.1 Å². The zero-order valence-corrected chi connectivity index (χ0v) is 16.6. The van der Waals surface area contributed by atoms with Crippen molar-refractivity contribution in [1.82, 2.24) is 15.2 Å². The Morgan fingerprint density at radius 3 is 2.71 bits per heavy atom. The molecule has 1 saturated heterocycles. The van der Waals surface area contributed by atoms with Gasteiger partial charge in [0.05, 0.1) is 19.1 Å². The van der Waals surface area contributed by atoms with E-state index in [1.54, 1.807) is 6.26 Å². The number of aromatic nitrogens is 1. The largest absolute Gasteiger partial charge is 0.466 e. The zero-order valence-electron chi connectivity index (χ0n) is 16.6. The SMILES string of the molecule is CCNC(=NCc1coc(-c2ccccc2)n1)N1CCC(C(=O)OCC)CC1. The number of aliphatic imine (C=N–C) groups is 1. The first-order valence-electron chi connectivity index (χ1n) is 9.91. The van der Waals surface area contributed by atoms with Crippen LogP contribution in [-0.4, -0.2) is 48.1 Å². The number of oxazole rings is 1. The molecule has 2 heterocycles. The highest BCUT2D eigenvalue weighted by Crippen LogP contribution is 2.20. The monoisotopic (exact) mass is 384 g/mol. The van der Waals surface area contributed by atoms with Crippen molar-refractivity contribution < 1.29 is 13.9 Å². The number of hydrogen-bond donors (Lipinski definition) is 1. The molecule has 7 nitrogen and oxygen atoms in total. The van der Waals surface area contributed by atoms with E-state index in [2.05, 4.69) is 15.2 Å². The van der Waals surface area contributed by atoms with Crippen LogP contribution in [0.4, 0.5) is 0 Å². The number of esters is 1. The van der Waals surface area contributed by atoms with Crippen molar-refractivity contribution in [2.45, 2.75) is 33.2 Å². The summed E-state index contributed by atoms with van der Waals surface area (Å²) in [6.07, 6.45) is 3.22. The minimum atomic E-state index is -0.0832. The molecule has 1 aromatic heterocycles. The van der Waals surface area contributed by atoms with Gasteiger partial charge < -0.3 is 19.4 Å². The van der Waals surface area contributed by atoms with Gasteiger partial charge in [0.1, 0.15) is 12.0 Å². The van der Waals surface area contributed by atoms with Crippen molar-refractivity contribution in [2.24, 2.45) is 10.9 Å². The molecule has 7 heteroatoms. The average molecular weight is 384 g/mol. The van der Waals surface area contributed by atoms with Gasteiger partial charge in [0.15, 0.2) is 5.96 Å². The lowest BCUT2D eigenvalue weighted by Crippen LogP contribution is -2.46. The number of piperidine rings is 1. The van der Waals surface area contributed by atoms with Crippen LogP contribution in [0.25, 0.3) is 11.5 Å². The summed E-state index contributed by atoms with van der Waals surface area (Å²) in [4.78, 5) is 23.4. The van der Waals surface area contributed by atoms with Crippen molar-refractivity contribution in [1.29, 1.82) is 0 Å². The van der Waals surface area contributed by atoms with Gasteiger partial charge in [-0.05, 0) is 38.8 Å². The molecular weight excluding hydrogens is 356 g/mol. The molecule has 0 amide bonds. The fourth-order valence-electron chi connectivity index (χ4n) is 3.26. The summed E-state index contributed by atoms with van der Waals surface area (Å²) in [5.74, 6) is 1.35. The van der Waals surface area contributed by atoms with Crippen molar-refractivity contribution >= 4 is 11.9 Å². The van der Waals surface area contributed by atoms with Crippen molar-refractivity contribution in [3.8, 4) is 11.5 Å². The Hall–Kier alpha value is -2.83. The maximum absolute atomic E-state index is 11.9. The predicted molar refractivity (Wildman–Crippen MR) is 108 cm³/mol. The number of rotatable bonds is 6. The van der Waals surface area contributed by atoms with Gasteiger partial charge in [-0.15, -0.1) is 0 Å². The molecule has 1 aliphatic heterocycles. The second-order valence-electron chi connectivity index (χ2n) is 6.69. The number of likely N-dealkylation sites (tertiary alicyclic amines) is 1. The molecule has 1 N–H and O–H groups in total. The standard InChI is InChI=1S/C21H28N4O3/c1-3-22-21(25-12-10-17(11-13-25)20(26)27-4-2)23-14-18-15-28-19(24-18)16-8-6-5-7-9-16/h5-9,15,17H,3-4,10-14H2,1-2H3,(H,22,23). The smallest absolute Gasteiger partial charge is 0.309 e. The summed E-state index contributed by atoms with van der Waals surface area (Å²) >= 11 is 0. The molecule has 0 spiro atoms. The van der Waals surface area contributed by atoms with E-state index in [9.17, 15) is 4.79 Å². The van der Waals surface area contributed by atoms with Crippen LogP contribution in [0.3, 0.4) is 0 Å². The molecule has 0 atom stereocenters. The fourth-order valence-corrected chi connectivity index (χ4v) is 3.26. The van der Waals surface area contributed by atoms with Crippen LogP contribution in [0.1, 0.15) is 32.4 Å². The quantitative estimate of drug-likeness (QED) is 0.468. The van der Waals surface area contributed by atoms with E-state index in [0.717, 1.165) is 49.7 Å². The van der Waals surface area contributed by atoms with E-state index >= 15 is 0 Å². The molecule has 28 heavy (non-hydrogen) atoms. The lowest BCUT2D eigenvalue weighted by Gasteiger charge is -2.33. The van der Waals surface area contributed by atoms with Crippen molar-refractivity contribution in [3.05, 3.63) is 42.3 Å². The van der Waals surface area contributed by atoms with Crippen LogP contribution in [0, 0.1) is 5.92 Å². The van der Waals surface area contributed by atoms with Gasteiger partial charge >= 0.3 is 5.97 Å². The first-order valence-corrected chi connectivity index (χ1v) is 9.91. The van der Waals surface area contributed by atoms with Crippen LogP contribution < -0.4 is 5.32 Å². The third kappa shape index (κ3) is 5.12.